The second-order valence-corrected chi connectivity index (χ2v) is 24.2. The van der Waals surface area contributed by atoms with Crippen LogP contribution < -0.4 is 0 Å². The molecule has 0 radical (unpaired) electrons. The van der Waals surface area contributed by atoms with Crippen molar-refractivity contribution in [2.24, 2.45) is 9.98 Å². The van der Waals surface area contributed by atoms with Gasteiger partial charge in [0, 0.05) is 24.3 Å². The number of rotatable bonds is 0. The molecule has 17 rings (SSSR count). The van der Waals surface area contributed by atoms with Crippen LogP contribution in [0.1, 0.15) is 125 Å². The van der Waals surface area contributed by atoms with Gasteiger partial charge < -0.3 is 0 Å². The number of benzene rings is 11. The van der Waals surface area contributed by atoms with Gasteiger partial charge in [0.2, 0.25) is 0 Å². The molecule has 2 aliphatic heterocycles. The van der Waals surface area contributed by atoms with E-state index in [-0.39, 0.29) is 0 Å². The highest BCUT2D eigenvalue weighted by molar-refractivity contribution is 6.23. The van der Waals surface area contributed by atoms with E-state index in [0.717, 1.165) is 49.9 Å². The van der Waals surface area contributed by atoms with Gasteiger partial charge in [-0.1, -0.05) is 107 Å². The predicted molar refractivity (Wildman–Crippen MR) is 340 cm³/mol. The molecular weight excluding hydrogens is 941 g/mol. The molecule has 0 atom stereocenters. The summed E-state index contributed by atoms with van der Waals surface area (Å²) in [5.74, 6) is 0. The fourth-order valence-corrected chi connectivity index (χ4v) is 14.5. The van der Waals surface area contributed by atoms with Crippen molar-refractivity contribution < 1.29 is 0 Å². The molecule has 0 saturated carbocycles. The number of hydrogen-bond donors (Lipinski definition) is 0. The van der Waals surface area contributed by atoms with Gasteiger partial charge in [-0.2, -0.15) is 0 Å². The third-order valence-electron chi connectivity index (χ3n) is 19.3. The summed E-state index contributed by atoms with van der Waals surface area (Å²) in [7, 11) is 0. The first kappa shape index (κ1) is 47.0. The van der Waals surface area contributed by atoms with Crippen LogP contribution in [0.15, 0.2) is 166 Å². The molecule has 78 heavy (non-hydrogen) atoms. The van der Waals surface area contributed by atoms with Crippen molar-refractivity contribution in [2.45, 2.75) is 108 Å². The number of aliphatic imine (C=N–C) groups is 2. The molecular formula is C76H64N2. The van der Waals surface area contributed by atoms with E-state index in [2.05, 4.69) is 213 Å². The lowest BCUT2D eigenvalue weighted by molar-refractivity contribution is 1.20. The van der Waals surface area contributed by atoms with Crippen molar-refractivity contribution in [1.29, 1.82) is 0 Å². The van der Waals surface area contributed by atoms with Crippen molar-refractivity contribution >= 4 is 131 Å². The van der Waals surface area contributed by atoms with Gasteiger partial charge >= 0.3 is 0 Å². The fourth-order valence-electron chi connectivity index (χ4n) is 14.5. The monoisotopic (exact) mass is 1000 g/mol. The highest BCUT2D eigenvalue weighted by atomic mass is 14.8. The second kappa shape index (κ2) is 17.1. The minimum atomic E-state index is 0.983. The average molecular weight is 1010 g/mol. The molecule has 0 saturated heterocycles. The van der Waals surface area contributed by atoms with Gasteiger partial charge in [0.05, 0.1) is 11.4 Å². The van der Waals surface area contributed by atoms with Crippen LogP contribution in [0.5, 0.6) is 0 Å². The lowest BCUT2D eigenvalue weighted by Gasteiger charge is -2.13. The summed E-state index contributed by atoms with van der Waals surface area (Å²) < 4.78 is 0. The minimum Gasteiger partial charge on any atom is -0.257 e. The van der Waals surface area contributed by atoms with E-state index in [0.29, 0.717) is 0 Å². The Bertz CT molecular complexity index is 4550. The van der Waals surface area contributed by atoms with Crippen LogP contribution >= 0.6 is 0 Å². The first-order valence-corrected chi connectivity index (χ1v) is 28.4. The summed E-state index contributed by atoms with van der Waals surface area (Å²) in [6.07, 6.45) is 6.38. The lowest BCUT2D eigenvalue weighted by atomic mass is 9.91. The Morgan fingerprint density at radius 2 is 0.462 bits per heavy atom. The van der Waals surface area contributed by atoms with Crippen molar-refractivity contribution in [2.75, 3.05) is 0 Å². The SMILES string of the molecule is CC1=C(C)c2cc3c(ccc4c3ccc3c5cc6c(cc5ccc34)CC(C)=C6C)cc2C1.CC1=C(C)c2cc3c(ccc4cc5c(cc43)C(C)=C(C)C5)cc2C1.CC1=Nc2cc3c(ccc4cc5c(cc43)N=C(C)C5)cc2C1. The zero-order valence-electron chi connectivity index (χ0n) is 46.8. The van der Waals surface area contributed by atoms with Gasteiger partial charge in [0.25, 0.3) is 0 Å². The molecule has 6 aliphatic rings. The number of fused-ring (bicyclic) bond motifs is 19. The van der Waals surface area contributed by atoms with Crippen molar-refractivity contribution in [3.8, 4) is 0 Å². The van der Waals surface area contributed by atoms with Crippen LogP contribution in [0, 0.1) is 0 Å². The number of allylic oxidation sites excluding steroid dienone is 8. The van der Waals surface area contributed by atoms with Gasteiger partial charge in [-0.3, -0.25) is 9.98 Å². The molecule has 2 nitrogen and oxygen atoms in total. The molecule has 4 aliphatic carbocycles. The lowest BCUT2D eigenvalue weighted by Crippen LogP contribution is -1.89. The summed E-state index contributed by atoms with van der Waals surface area (Å²) in [5.41, 5.74) is 31.0. The van der Waals surface area contributed by atoms with E-state index in [4.69, 9.17) is 0 Å². The molecule has 11 aromatic carbocycles. The van der Waals surface area contributed by atoms with Crippen LogP contribution in [0.4, 0.5) is 11.4 Å². The zero-order chi connectivity index (χ0) is 53.2. The highest BCUT2D eigenvalue weighted by Gasteiger charge is 2.23. The summed E-state index contributed by atoms with van der Waals surface area (Å²) in [6.45, 7) is 22.4. The van der Waals surface area contributed by atoms with E-state index >= 15 is 0 Å². The van der Waals surface area contributed by atoms with E-state index in [1.165, 1.54) is 198 Å². The standard InChI is InChI=1S/C32H26.C24H22.C20H16N2/c1-17-11-23-13-21-5-7-25-26-8-6-22-14-24-12-18(2)20(4)30(24)16-32(22)28(26)10-9-27(25)31(21)15-29(23)19(17)3;1-13-7-19-9-17-5-6-18-10-20-8-14(2)16(4)22(20)12-24(18)23(17)11-21(19)15(13)3;1-11-5-15-7-13-3-4-14-8-16-6-12(2)22-20(16)10-18(14)17(13)9-19(15)21-11/h5-10,13-16H,11-12H2,1-4H3;5-6,9-12H,7-8H2,1-4H3;3-4,7-10H,5-6H2,1-2H3. The Labute approximate surface area is 457 Å². The van der Waals surface area contributed by atoms with E-state index in [1.807, 2.05) is 0 Å². The number of nitrogens with zero attached hydrogens (tertiary/aromatic N) is 2. The molecule has 0 N–H and O–H groups in total. The van der Waals surface area contributed by atoms with E-state index in [9.17, 15) is 0 Å². The average Bonchev–Trinajstić information content (AvgIpc) is 4.41. The Morgan fingerprint density at radius 1 is 0.231 bits per heavy atom. The second-order valence-electron chi connectivity index (χ2n) is 24.2. The summed E-state index contributed by atoms with van der Waals surface area (Å²) in [6, 6.07) is 51.6. The Hall–Kier alpha value is -8.20. The molecule has 11 aromatic rings. The smallest absolute Gasteiger partial charge is 0.0671 e. The molecule has 0 spiro atoms. The van der Waals surface area contributed by atoms with Crippen molar-refractivity contribution in [3.63, 3.8) is 0 Å². The Morgan fingerprint density at radius 3 is 0.769 bits per heavy atom. The minimum absolute atomic E-state index is 0.983. The maximum absolute atomic E-state index is 4.68. The maximum atomic E-state index is 4.68. The van der Waals surface area contributed by atoms with E-state index in [1.54, 1.807) is 0 Å². The van der Waals surface area contributed by atoms with Crippen molar-refractivity contribution in [1.82, 2.24) is 0 Å². The fraction of sp³-hybridized carbons (Fsp3) is 0.211. The molecule has 0 fully saturated rings. The molecule has 2 heteroatoms. The van der Waals surface area contributed by atoms with Gasteiger partial charge in [-0.05, 0) is 308 Å². The summed E-state index contributed by atoms with van der Waals surface area (Å²) >= 11 is 0. The zero-order valence-corrected chi connectivity index (χ0v) is 46.8. The molecule has 0 aromatic heterocycles. The quantitative estimate of drug-likeness (QED) is 0.135. The van der Waals surface area contributed by atoms with Gasteiger partial charge in [-0.25, -0.2) is 0 Å². The van der Waals surface area contributed by atoms with Crippen LogP contribution in [-0.2, 0) is 38.5 Å². The molecule has 0 unspecified atom stereocenters. The predicted octanol–water partition coefficient (Wildman–Crippen LogP) is 21.0. The molecule has 0 bridgehead atoms. The summed E-state index contributed by atoms with van der Waals surface area (Å²) in [4.78, 5) is 9.37. The molecule has 2 heterocycles. The van der Waals surface area contributed by atoms with Crippen LogP contribution in [0.2, 0.25) is 0 Å². The van der Waals surface area contributed by atoms with Gasteiger partial charge in [-0.15, -0.1) is 0 Å². The van der Waals surface area contributed by atoms with Crippen LogP contribution in [0.25, 0.3) is 108 Å². The number of hydrogen-bond acceptors (Lipinski definition) is 2. The van der Waals surface area contributed by atoms with Crippen molar-refractivity contribution in [3.05, 3.63) is 211 Å². The van der Waals surface area contributed by atoms with Crippen LogP contribution in [-0.4, -0.2) is 11.4 Å². The van der Waals surface area contributed by atoms with Gasteiger partial charge in [0.1, 0.15) is 0 Å². The first-order chi connectivity index (χ1) is 37.7. The van der Waals surface area contributed by atoms with Gasteiger partial charge in [0.15, 0.2) is 0 Å². The van der Waals surface area contributed by atoms with E-state index < -0.39 is 0 Å². The first-order valence-electron chi connectivity index (χ1n) is 28.4. The normalized spacial score (nSPS) is 16.0. The topological polar surface area (TPSA) is 24.7 Å². The molecule has 0 amide bonds. The van der Waals surface area contributed by atoms with Crippen LogP contribution in [0.3, 0.4) is 0 Å². The highest BCUT2D eigenvalue weighted by Crippen LogP contribution is 2.45. The molecule has 378 valence electrons. The Kier molecular flexibility index (Phi) is 10.3. The third kappa shape index (κ3) is 7.21. The third-order valence-corrected chi connectivity index (χ3v) is 19.3. The summed E-state index contributed by atoms with van der Waals surface area (Å²) in [5, 5.41) is 21.6. The largest absolute Gasteiger partial charge is 0.257 e. The maximum Gasteiger partial charge on any atom is 0.0671 e. The Balaban J connectivity index is 0.000000104.